The number of aromatic nitrogens is 1. The number of rotatable bonds is 4. The molecule has 4 atom stereocenters. The second kappa shape index (κ2) is 8.01. The summed E-state index contributed by atoms with van der Waals surface area (Å²) in [6, 6.07) is 17.5. The average Bonchev–Trinajstić information content (AvgIpc) is 3.28. The van der Waals surface area contributed by atoms with Crippen LogP contribution in [0, 0.1) is 0 Å². The molecule has 3 heterocycles. The Balaban J connectivity index is 1.52. The average molecular weight is 439 g/mol. The molecular formula is C23H23ClN4O3. The predicted molar refractivity (Wildman–Crippen MR) is 120 cm³/mol. The summed E-state index contributed by atoms with van der Waals surface area (Å²) in [7, 11) is 0. The number of benzene rings is 2. The van der Waals surface area contributed by atoms with E-state index in [0.29, 0.717) is 17.4 Å². The summed E-state index contributed by atoms with van der Waals surface area (Å²) in [5, 5.41) is 23.3. The second-order valence-corrected chi connectivity index (χ2v) is 8.26. The van der Waals surface area contributed by atoms with Crippen molar-refractivity contribution in [1.82, 2.24) is 9.58 Å². The molecule has 0 bridgehead atoms. The van der Waals surface area contributed by atoms with Gasteiger partial charge in [0.1, 0.15) is 24.4 Å². The van der Waals surface area contributed by atoms with Crippen LogP contribution in [0.5, 0.6) is 0 Å². The molecule has 8 heteroatoms. The molecule has 0 saturated carbocycles. The van der Waals surface area contributed by atoms with E-state index in [1.807, 2.05) is 70.4 Å². The fourth-order valence-corrected chi connectivity index (χ4v) is 4.19. The molecule has 0 spiro atoms. The molecule has 3 N–H and O–H groups in total. The number of aliphatic hydroxyl groups excluding tert-OH is 2. The first-order chi connectivity index (χ1) is 15.0. The van der Waals surface area contributed by atoms with Gasteiger partial charge >= 0.3 is 0 Å². The monoisotopic (exact) mass is 438 g/mol. The highest BCUT2D eigenvalue weighted by molar-refractivity contribution is 6.30. The number of aliphatic imine (C=N–C) groups is 1. The zero-order valence-electron chi connectivity index (χ0n) is 16.9. The number of fused-ring (bicyclic) bond motifs is 1. The van der Waals surface area contributed by atoms with E-state index < -0.39 is 24.5 Å². The number of nitrogens with zero attached hydrogens (tertiary/aromatic N) is 3. The van der Waals surface area contributed by atoms with Gasteiger partial charge in [-0.2, -0.15) is 0 Å². The zero-order valence-corrected chi connectivity index (χ0v) is 17.6. The first-order valence-electron chi connectivity index (χ1n) is 10.1. The number of hydrogen-bond acceptors (Lipinski definition) is 6. The Morgan fingerprint density at radius 3 is 2.48 bits per heavy atom. The smallest absolute Gasteiger partial charge is 0.164 e. The van der Waals surface area contributed by atoms with Crippen molar-refractivity contribution in [3.05, 3.63) is 71.4 Å². The van der Waals surface area contributed by atoms with Crippen LogP contribution < -0.4 is 5.43 Å². The fraction of sp³-hybridized carbons (Fsp3) is 0.261. The maximum atomic E-state index is 10.6. The molecule has 1 aromatic heterocycles. The number of halogens is 1. The van der Waals surface area contributed by atoms with Crippen molar-refractivity contribution < 1.29 is 14.9 Å². The lowest BCUT2D eigenvalue weighted by Crippen LogP contribution is -2.31. The maximum absolute atomic E-state index is 10.6. The van der Waals surface area contributed by atoms with Crippen LogP contribution >= 0.6 is 11.6 Å². The van der Waals surface area contributed by atoms with E-state index in [1.54, 1.807) is 13.3 Å². The van der Waals surface area contributed by atoms with Crippen LogP contribution in [0.3, 0.4) is 0 Å². The fourth-order valence-electron chi connectivity index (χ4n) is 4.07. The molecule has 2 aliphatic heterocycles. The lowest BCUT2D eigenvalue weighted by atomic mass is 10.0. The first-order valence-corrected chi connectivity index (χ1v) is 10.5. The molecule has 160 valence electrons. The van der Waals surface area contributed by atoms with E-state index in [9.17, 15) is 10.2 Å². The number of nitrogens with one attached hydrogen (secondary N) is 1. The summed E-state index contributed by atoms with van der Waals surface area (Å²) in [6.07, 6.45) is 0.512. The minimum Gasteiger partial charge on any atom is -0.388 e. The van der Waals surface area contributed by atoms with Crippen molar-refractivity contribution in [3.63, 3.8) is 0 Å². The third kappa shape index (κ3) is 3.70. The number of hydrazine groups is 1. The molecule has 5 rings (SSSR count). The van der Waals surface area contributed by atoms with Gasteiger partial charge < -0.3 is 19.5 Å². The molecule has 2 aliphatic rings. The second-order valence-electron chi connectivity index (χ2n) is 7.82. The zero-order chi connectivity index (χ0) is 21.5. The van der Waals surface area contributed by atoms with Crippen molar-refractivity contribution >= 4 is 29.4 Å². The molecule has 0 unspecified atom stereocenters. The molecule has 0 amide bonds. The standard InChI is InChI=1S/C23H23ClN4O3/c1-14-20(29)21(30)23(31-14)28-12-18(15-5-3-2-4-6-15)19-11-27(13-25-22(19)28)26-17-9-7-16(24)8-10-17/h2-10,12-14,20-21,23,26,29-30H,11H2,1H3/t14-,20-,21-,23-/m1/s1. The van der Waals surface area contributed by atoms with Gasteiger partial charge in [0, 0.05) is 22.3 Å². The van der Waals surface area contributed by atoms with Gasteiger partial charge in [-0.3, -0.25) is 10.4 Å². The summed E-state index contributed by atoms with van der Waals surface area (Å²) in [4.78, 5) is 4.67. The van der Waals surface area contributed by atoms with Gasteiger partial charge in [-0.25, -0.2) is 4.99 Å². The minimum absolute atomic E-state index is 0.464. The van der Waals surface area contributed by atoms with Gasteiger partial charge in [0.15, 0.2) is 6.23 Å². The molecule has 1 fully saturated rings. The van der Waals surface area contributed by atoms with Crippen LogP contribution in [-0.4, -0.2) is 44.4 Å². The Morgan fingerprint density at radius 1 is 1.06 bits per heavy atom. The Morgan fingerprint density at radius 2 is 1.81 bits per heavy atom. The van der Waals surface area contributed by atoms with Crippen LogP contribution in [0.2, 0.25) is 5.02 Å². The van der Waals surface area contributed by atoms with E-state index >= 15 is 0 Å². The largest absolute Gasteiger partial charge is 0.388 e. The molecule has 31 heavy (non-hydrogen) atoms. The van der Waals surface area contributed by atoms with Crippen molar-refractivity contribution in [2.24, 2.45) is 4.99 Å². The molecule has 3 aromatic rings. The van der Waals surface area contributed by atoms with Gasteiger partial charge in [0.05, 0.1) is 18.3 Å². The van der Waals surface area contributed by atoms with Crippen molar-refractivity contribution in [1.29, 1.82) is 0 Å². The topological polar surface area (TPSA) is 82.2 Å². The SMILES string of the molecule is C[C@H]1O[C@@H](n2cc(-c3ccccc3)c3c2N=CN(Nc2ccc(Cl)cc2)C3)[C@H](O)[C@@H]1O. The molecular weight excluding hydrogens is 416 g/mol. The third-order valence-corrected chi connectivity index (χ3v) is 5.96. The summed E-state index contributed by atoms with van der Waals surface area (Å²) in [6.45, 7) is 2.31. The highest BCUT2D eigenvalue weighted by atomic mass is 35.5. The number of anilines is 1. The number of hydrogen-bond donors (Lipinski definition) is 3. The van der Waals surface area contributed by atoms with Gasteiger partial charge in [-0.1, -0.05) is 41.9 Å². The van der Waals surface area contributed by atoms with E-state index in [2.05, 4.69) is 10.4 Å². The number of ether oxygens (including phenoxy) is 1. The summed E-state index contributed by atoms with van der Waals surface area (Å²) < 4.78 is 7.69. The van der Waals surface area contributed by atoms with Crippen molar-refractivity contribution in [2.75, 3.05) is 5.43 Å². The highest BCUT2D eigenvalue weighted by Crippen LogP contribution is 2.41. The maximum Gasteiger partial charge on any atom is 0.164 e. The van der Waals surface area contributed by atoms with Crippen LogP contribution in [-0.2, 0) is 11.3 Å². The first kappa shape index (κ1) is 20.1. The normalized spacial score (nSPS) is 25.0. The van der Waals surface area contributed by atoms with Crippen LogP contribution in [0.4, 0.5) is 11.5 Å². The third-order valence-electron chi connectivity index (χ3n) is 5.71. The highest BCUT2D eigenvalue weighted by Gasteiger charge is 2.42. The predicted octanol–water partition coefficient (Wildman–Crippen LogP) is 3.95. The van der Waals surface area contributed by atoms with Gasteiger partial charge in [-0.05, 0) is 36.8 Å². The molecule has 0 radical (unpaired) electrons. The summed E-state index contributed by atoms with van der Waals surface area (Å²) in [5.74, 6) is 0.707. The van der Waals surface area contributed by atoms with Crippen molar-refractivity contribution in [3.8, 4) is 11.1 Å². The van der Waals surface area contributed by atoms with E-state index in [4.69, 9.17) is 16.3 Å². The van der Waals surface area contributed by atoms with Gasteiger partial charge in [0.25, 0.3) is 0 Å². The lowest BCUT2D eigenvalue weighted by Gasteiger charge is -2.26. The van der Waals surface area contributed by atoms with Crippen LogP contribution in [0.15, 0.2) is 65.8 Å². The molecule has 0 aliphatic carbocycles. The Labute approximate surface area is 185 Å². The van der Waals surface area contributed by atoms with Crippen molar-refractivity contribution in [2.45, 2.75) is 38.0 Å². The number of aliphatic hydroxyl groups is 2. The minimum atomic E-state index is -1.03. The van der Waals surface area contributed by atoms with Crippen LogP contribution in [0.25, 0.3) is 11.1 Å². The van der Waals surface area contributed by atoms with Crippen LogP contribution in [0.1, 0.15) is 18.7 Å². The molecule has 7 nitrogen and oxygen atoms in total. The Bertz CT molecular complexity index is 1100. The van der Waals surface area contributed by atoms with E-state index in [-0.39, 0.29) is 0 Å². The Kier molecular flexibility index (Phi) is 5.19. The molecule has 1 saturated heterocycles. The molecule has 2 aromatic carbocycles. The van der Waals surface area contributed by atoms with Gasteiger partial charge in [0.2, 0.25) is 0 Å². The van der Waals surface area contributed by atoms with E-state index in [1.165, 1.54) is 0 Å². The Hall–Kier alpha value is -2.84. The summed E-state index contributed by atoms with van der Waals surface area (Å²) >= 11 is 5.99. The lowest BCUT2D eigenvalue weighted by molar-refractivity contribution is -0.0308. The van der Waals surface area contributed by atoms with E-state index in [0.717, 1.165) is 22.4 Å². The quantitative estimate of drug-likeness (QED) is 0.574. The van der Waals surface area contributed by atoms with Gasteiger partial charge in [-0.15, -0.1) is 0 Å². The summed E-state index contributed by atoms with van der Waals surface area (Å²) in [5.41, 5.74) is 7.26.